The Bertz CT molecular complexity index is 1920. The number of hydrogen-bond donors (Lipinski definition) is 0. The maximum atomic E-state index is 8.68. The summed E-state index contributed by atoms with van der Waals surface area (Å²) in [4.78, 5) is 40.7. The maximum Gasteiger partial charge on any atom is 0.478 e. The van der Waals surface area contributed by atoms with Crippen molar-refractivity contribution in [3.63, 3.8) is 0 Å². The van der Waals surface area contributed by atoms with Gasteiger partial charge in [0.25, 0.3) is 0 Å². The zero-order valence-corrected chi connectivity index (χ0v) is 71.7. The number of hydrogen-bond acceptors (Lipinski definition) is 28. The summed E-state index contributed by atoms with van der Waals surface area (Å²) >= 11 is 0. The van der Waals surface area contributed by atoms with Crippen molar-refractivity contribution in [3.05, 3.63) is 0 Å². The lowest BCUT2D eigenvalue weighted by Crippen LogP contribution is -2.88. The minimum absolute atomic E-state index is 0.528. The van der Waals surface area contributed by atoms with E-state index in [-0.39, 0.29) is 0 Å². The molecular formula is C64H136N16O12Si8. The van der Waals surface area contributed by atoms with E-state index in [1.807, 2.05) is 0 Å². The average Bonchev–Trinajstić information content (AvgIpc) is 0.687. The number of rotatable bonds is 32. The van der Waals surface area contributed by atoms with Gasteiger partial charge < -0.3 is 128 Å². The maximum absolute atomic E-state index is 8.68. The van der Waals surface area contributed by atoms with E-state index in [0.29, 0.717) is 48.4 Å². The van der Waals surface area contributed by atoms with E-state index in [9.17, 15) is 0 Å². The number of piperazine rings is 8. The van der Waals surface area contributed by atoms with Crippen LogP contribution in [0.4, 0.5) is 0 Å². The van der Waals surface area contributed by atoms with Crippen LogP contribution in [-0.4, -0.2) is 467 Å². The third-order valence-corrected chi connectivity index (χ3v) is 61.7. The van der Waals surface area contributed by atoms with Gasteiger partial charge in [0, 0.05) is 258 Å². The van der Waals surface area contributed by atoms with Crippen LogP contribution in [0.3, 0.4) is 0 Å². The molecule has 0 unspecified atom stereocenters. The molecule has 0 aliphatic carbocycles. The van der Waals surface area contributed by atoms with Crippen molar-refractivity contribution in [2.45, 2.75) is 99.7 Å². The smallest absolute Gasteiger partial charge is 0.373 e. The molecule has 100 heavy (non-hydrogen) atoms. The monoisotopic (exact) mass is 1540 g/mol. The number of likely N-dealkylation sites (N-methyl/N-ethyl adjacent to an activating group) is 8. The van der Waals surface area contributed by atoms with E-state index in [0.717, 1.165) is 313 Å². The molecule has 0 amide bonds. The van der Waals surface area contributed by atoms with Gasteiger partial charge in [-0.15, -0.1) is 0 Å². The molecule has 14 aliphatic heterocycles. The second-order valence-electron chi connectivity index (χ2n) is 32.7. The van der Waals surface area contributed by atoms with Crippen LogP contribution in [0.2, 0.25) is 48.4 Å². The molecule has 28 nitrogen and oxygen atoms in total. The lowest BCUT2D eigenvalue weighted by molar-refractivity contribution is -0.0322. The Morgan fingerprint density at radius 3 is 0.330 bits per heavy atom. The summed E-state index contributed by atoms with van der Waals surface area (Å²) in [5.74, 6) is 0. The van der Waals surface area contributed by atoms with E-state index in [1.165, 1.54) is 0 Å². The highest BCUT2D eigenvalue weighted by Crippen LogP contribution is 2.55. The second-order valence-corrected chi connectivity index (χ2v) is 57.4. The highest BCUT2D eigenvalue weighted by molar-refractivity contribution is 7.03. The van der Waals surface area contributed by atoms with Gasteiger partial charge in [0.2, 0.25) is 0 Å². The molecule has 0 saturated carbocycles. The Hall–Kier alpha value is 0.615. The van der Waals surface area contributed by atoms with Gasteiger partial charge >= 0.3 is 70.4 Å². The van der Waals surface area contributed by atoms with E-state index in [2.05, 4.69) is 135 Å². The van der Waals surface area contributed by atoms with Crippen molar-refractivity contribution in [1.82, 2.24) is 78.4 Å². The van der Waals surface area contributed by atoms with E-state index < -0.39 is 70.4 Å². The van der Waals surface area contributed by atoms with Crippen LogP contribution in [0.5, 0.6) is 0 Å². The summed E-state index contributed by atoms with van der Waals surface area (Å²) in [6.45, 7) is 39.9. The molecule has 0 spiro atoms. The van der Waals surface area contributed by atoms with Crippen molar-refractivity contribution >= 4 is 70.4 Å². The minimum atomic E-state index is -4.22. The average molecular weight is 1550 g/mol. The molecule has 14 rings (SSSR count). The van der Waals surface area contributed by atoms with Crippen LogP contribution >= 0.6 is 0 Å². The van der Waals surface area contributed by atoms with E-state index in [4.69, 9.17) is 49.4 Å². The molecule has 576 valence electrons. The van der Waals surface area contributed by atoms with Gasteiger partial charge in [-0.2, -0.15) is 0 Å². The summed E-state index contributed by atoms with van der Waals surface area (Å²) in [7, 11) is -15.8. The van der Waals surface area contributed by atoms with Gasteiger partial charge in [0.1, 0.15) is 0 Å². The lowest BCUT2D eigenvalue weighted by atomic mass is 10.3. The first kappa shape index (κ1) is 78.7. The SMILES string of the molecule is CN1CCN(CCC[Si]23O[Si]4(CCCN5CCN(C)CC5)O[Si]5(CCCN6CCN(C)CC6)O[Si](CCCN6CCN(C)CC6)(O2)O[Si]2(CCCN6CCN(C)CC6)O[Si](CCCN6CCN(C)CC6)(O3)O[Si](CCCN3CCN(C)CC3)(O4)O[Si](CCCN3CCN(C)CC3)(O5)O2)CC1. The first-order valence-corrected chi connectivity index (χ1v) is 55.4. The highest BCUT2D eigenvalue weighted by Gasteiger charge is 2.83. The summed E-state index contributed by atoms with van der Waals surface area (Å²) in [6, 6.07) is 4.23. The molecule has 0 aromatic carbocycles. The Balaban J connectivity index is 0.978. The standard InChI is InChI=1S/C64H136N16O12Si8/c1-65-25-41-73(42-26-65)17-9-57-93-81-94(58-10-18-74-43-27-66(2)28-44-74)84-97(61-13-21-77-49-33-69(5)34-50-77)86-95(82-93,59-11-19-75-45-29-67(3)30-46-75)88-99(63-15-23-79-53-37-71(7)38-54-79)89-96(83-93,60-12-20-76-47-31-68(4)32-48-76)87-98(85-94,62-14-22-78-51-35-70(6)36-52-78)91-100(90-97,92-99)64-16-24-80-55-39-72(8)40-56-80/h9-64H2,1-8H3. The van der Waals surface area contributed by atoms with Crippen LogP contribution in [0.1, 0.15) is 51.4 Å². The fourth-order valence-electron chi connectivity index (χ4n) is 17.3. The predicted octanol–water partition coefficient (Wildman–Crippen LogP) is 0.865. The van der Waals surface area contributed by atoms with Gasteiger partial charge in [-0.05, 0) is 160 Å². The van der Waals surface area contributed by atoms with Gasteiger partial charge in [0.05, 0.1) is 0 Å². The van der Waals surface area contributed by atoms with Gasteiger partial charge in [-0.25, -0.2) is 0 Å². The van der Waals surface area contributed by atoms with Gasteiger partial charge in [0.15, 0.2) is 0 Å². The summed E-state index contributed by atoms with van der Waals surface area (Å²) < 4.78 is 104. The predicted molar refractivity (Wildman–Crippen MR) is 406 cm³/mol. The molecule has 14 saturated heterocycles. The molecule has 0 aromatic heterocycles. The molecule has 0 atom stereocenters. The normalized spacial score (nSPS) is 37.7. The Morgan fingerprint density at radius 2 is 0.240 bits per heavy atom. The Kier molecular flexibility index (Phi) is 28.1. The zero-order chi connectivity index (χ0) is 69.3. The minimum Gasteiger partial charge on any atom is -0.373 e. The lowest BCUT2D eigenvalue weighted by Gasteiger charge is -2.63. The first-order valence-electron chi connectivity index (χ1n) is 40.0. The summed E-state index contributed by atoms with van der Waals surface area (Å²) in [5.41, 5.74) is 0. The van der Waals surface area contributed by atoms with Crippen LogP contribution in [0.25, 0.3) is 0 Å². The fraction of sp³-hybridized carbons (Fsp3) is 1.00. The quantitative estimate of drug-likeness (QED) is 0.0872. The van der Waals surface area contributed by atoms with Crippen LogP contribution in [0.15, 0.2) is 0 Å². The number of nitrogens with zero attached hydrogens (tertiary/aromatic N) is 16. The molecular weight excluding hydrogens is 1410 g/mol. The topological polar surface area (TPSA) is 163 Å². The Labute approximate surface area is 612 Å². The molecule has 0 N–H and O–H groups in total. The Morgan fingerprint density at radius 1 is 0.150 bits per heavy atom. The van der Waals surface area contributed by atoms with Crippen LogP contribution in [-0.2, 0) is 49.4 Å². The summed E-state index contributed by atoms with van der Waals surface area (Å²) in [6.07, 6.45) is 6.34. The molecule has 14 fully saturated rings. The highest BCUT2D eigenvalue weighted by atomic mass is 28.6. The molecule has 14 aliphatic rings. The molecule has 0 radical (unpaired) electrons. The second kappa shape index (κ2) is 35.7. The van der Waals surface area contributed by atoms with Gasteiger partial charge in [-0.3, -0.25) is 0 Å². The molecule has 8 bridgehead atoms. The van der Waals surface area contributed by atoms with E-state index >= 15 is 0 Å². The van der Waals surface area contributed by atoms with Crippen molar-refractivity contribution in [2.24, 2.45) is 0 Å². The van der Waals surface area contributed by atoms with Crippen LogP contribution < -0.4 is 0 Å². The van der Waals surface area contributed by atoms with Crippen molar-refractivity contribution in [3.8, 4) is 0 Å². The van der Waals surface area contributed by atoms with Crippen molar-refractivity contribution in [2.75, 3.05) is 318 Å². The van der Waals surface area contributed by atoms with E-state index in [1.54, 1.807) is 0 Å². The third kappa shape index (κ3) is 21.6. The zero-order valence-electron chi connectivity index (χ0n) is 63.7. The third-order valence-electron chi connectivity index (χ3n) is 24.2. The largest absolute Gasteiger partial charge is 0.478 e. The molecule has 14 heterocycles. The molecule has 0 aromatic rings. The summed E-state index contributed by atoms with van der Waals surface area (Å²) in [5, 5.41) is 0. The first-order chi connectivity index (χ1) is 48.3. The van der Waals surface area contributed by atoms with Crippen molar-refractivity contribution in [1.29, 1.82) is 0 Å². The van der Waals surface area contributed by atoms with Gasteiger partial charge in [-0.1, -0.05) is 0 Å². The van der Waals surface area contributed by atoms with Crippen LogP contribution in [0, 0.1) is 0 Å². The van der Waals surface area contributed by atoms with Crippen molar-refractivity contribution < 1.29 is 49.4 Å². The molecule has 36 heteroatoms. The fourth-order valence-corrected chi connectivity index (χ4v) is 67.6.